The summed E-state index contributed by atoms with van der Waals surface area (Å²) in [6.45, 7) is 0. The van der Waals surface area contributed by atoms with Crippen LogP contribution >= 0.6 is 11.6 Å². The van der Waals surface area contributed by atoms with E-state index in [1.807, 2.05) is 4.40 Å². The maximum atomic E-state index is 12.6. The highest BCUT2D eigenvalue weighted by atomic mass is 35.5. The van der Waals surface area contributed by atoms with Crippen molar-refractivity contribution in [2.45, 2.75) is 43.8 Å². The van der Waals surface area contributed by atoms with Gasteiger partial charge in [-0.3, -0.25) is 4.40 Å². The molecule has 1 aliphatic carbocycles. The third-order valence-electron chi connectivity index (χ3n) is 4.66. The van der Waals surface area contributed by atoms with Gasteiger partial charge in [-0.2, -0.15) is 13.2 Å². The van der Waals surface area contributed by atoms with Gasteiger partial charge in [-0.15, -0.1) is 10.2 Å². The van der Waals surface area contributed by atoms with Gasteiger partial charge >= 0.3 is 6.18 Å². The predicted octanol–water partition coefficient (Wildman–Crippen LogP) is 3.72. The van der Waals surface area contributed by atoms with Crippen LogP contribution in [-0.2, 0) is 6.18 Å². The Morgan fingerprint density at radius 1 is 1.11 bits per heavy atom. The van der Waals surface area contributed by atoms with Crippen molar-refractivity contribution in [2.24, 2.45) is 0 Å². The molecule has 0 saturated heterocycles. The Morgan fingerprint density at radius 2 is 1.89 bits per heavy atom. The lowest BCUT2D eigenvalue weighted by molar-refractivity contribution is -0.138. The monoisotopic (exact) mass is 397 g/mol. The largest absolute Gasteiger partial charge is 0.419 e. The molecular weight excluding hydrogens is 383 g/mol. The molecule has 2 atom stereocenters. The van der Waals surface area contributed by atoms with E-state index in [4.69, 9.17) is 11.6 Å². The van der Waals surface area contributed by atoms with Crippen molar-refractivity contribution in [3.8, 4) is 0 Å². The Kier molecular flexibility index (Phi) is 4.58. The summed E-state index contributed by atoms with van der Waals surface area (Å²) in [6, 6.07) is 0.0325. The summed E-state index contributed by atoms with van der Waals surface area (Å²) >= 11 is 6.05. The van der Waals surface area contributed by atoms with Gasteiger partial charge in [0.15, 0.2) is 10.8 Å². The summed E-state index contributed by atoms with van der Waals surface area (Å²) in [7, 11) is 0. The van der Waals surface area contributed by atoms with Crippen molar-refractivity contribution in [2.75, 3.05) is 5.32 Å². The first-order valence-corrected chi connectivity index (χ1v) is 8.80. The molecule has 3 aromatic heterocycles. The summed E-state index contributed by atoms with van der Waals surface area (Å²) < 4.78 is 39.7. The Hall–Kier alpha value is -2.49. The summed E-state index contributed by atoms with van der Waals surface area (Å²) in [5, 5.41) is 11.8. The van der Waals surface area contributed by atoms with Crippen LogP contribution in [-0.4, -0.2) is 35.6 Å². The number of nitrogens with one attached hydrogen (secondary N) is 1. The van der Waals surface area contributed by atoms with Gasteiger partial charge in [-0.1, -0.05) is 18.0 Å². The van der Waals surface area contributed by atoms with Crippen molar-refractivity contribution in [1.82, 2.24) is 29.5 Å². The molecule has 27 heavy (non-hydrogen) atoms. The zero-order chi connectivity index (χ0) is 19.0. The second-order valence-corrected chi connectivity index (χ2v) is 6.83. The van der Waals surface area contributed by atoms with Crippen LogP contribution < -0.4 is 5.32 Å². The molecule has 1 N–H and O–H groups in total. The molecule has 0 bridgehead atoms. The number of hydrogen-bond acceptors (Lipinski definition) is 6. The van der Waals surface area contributed by atoms with Crippen molar-refractivity contribution in [3.63, 3.8) is 0 Å². The van der Waals surface area contributed by atoms with Crippen LogP contribution in [0.4, 0.5) is 19.1 Å². The van der Waals surface area contributed by atoms with Crippen LogP contribution in [0.3, 0.4) is 0 Å². The van der Waals surface area contributed by atoms with Gasteiger partial charge in [0.05, 0.1) is 5.56 Å². The average molecular weight is 398 g/mol. The first-order chi connectivity index (χ1) is 12.9. The molecule has 0 aromatic carbocycles. The van der Waals surface area contributed by atoms with Crippen LogP contribution in [0.25, 0.3) is 5.65 Å². The quantitative estimate of drug-likeness (QED) is 0.725. The summed E-state index contributed by atoms with van der Waals surface area (Å²) in [6.07, 6.45) is 3.99. The minimum absolute atomic E-state index is 0.0325. The SMILES string of the molecule is FC(F)(F)c1cnc(N[C@@H]2CCC[C@H](c3nnc4c(Cl)nccn34)C2)nc1. The third kappa shape index (κ3) is 3.66. The maximum Gasteiger partial charge on any atom is 0.419 e. The lowest BCUT2D eigenvalue weighted by Gasteiger charge is -2.28. The molecule has 7 nitrogen and oxygen atoms in total. The van der Waals surface area contributed by atoms with E-state index in [1.165, 1.54) is 0 Å². The second-order valence-electron chi connectivity index (χ2n) is 6.47. The van der Waals surface area contributed by atoms with E-state index in [0.717, 1.165) is 43.9 Å². The molecule has 0 unspecified atom stereocenters. The second kappa shape index (κ2) is 6.91. The molecule has 1 fully saturated rings. The minimum atomic E-state index is -4.45. The molecule has 0 aliphatic heterocycles. The van der Waals surface area contributed by atoms with E-state index in [-0.39, 0.29) is 17.9 Å². The van der Waals surface area contributed by atoms with E-state index < -0.39 is 11.7 Å². The number of fused-ring (bicyclic) bond motifs is 1. The van der Waals surface area contributed by atoms with Gasteiger partial charge in [0.1, 0.15) is 5.82 Å². The molecule has 3 aromatic rings. The van der Waals surface area contributed by atoms with Crippen LogP contribution in [0, 0.1) is 0 Å². The number of halogens is 4. The Morgan fingerprint density at radius 3 is 2.63 bits per heavy atom. The van der Waals surface area contributed by atoms with E-state index in [1.54, 1.807) is 12.4 Å². The first-order valence-electron chi connectivity index (χ1n) is 8.42. The number of hydrogen-bond donors (Lipinski definition) is 1. The predicted molar refractivity (Wildman–Crippen MR) is 91.4 cm³/mol. The lowest BCUT2D eigenvalue weighted by Crippen LogP contribution is -2.28. The fourth-order valence-corrected chi connectivity index (χ4v) is 3.56. The molecule has 4 rings (SSSR count). The summed E-state index contributed by atoms with van der Waals surface area (Å²) in [5.41, 5.74) is -0.356. The van der Waals surface area contributed by atoms with Gasteiger partial charge in [0.2, 0.25) is 5.95 Å². The van der Waals surface area contributed by atoms with E-state index in [2.05, 4.69) is 30.5 Å². The fraction of sp³-hybridized carbons (Fsp3) is 0.438. The molecule has 0 spiro atoms. The van der Waals surface area contributed by atoms with Gasteiger partial charge < -0.3 is 5.32 Å². The third-order valence-corrected chi connectivity index (χ3v) is 4.93. The molecule has 1 saturated carbocycles. The topological polar surface area (TPSA) is 80.9 Å². The summed E-state index contributed by atoms with van der Waals surface area (Å²) in [5.74, 6) is 1.13. The number of aromatic nitrogens is 6. The Balaban J connectivity index is 1.49. The number of anilines is 1. The number of nitrogens with zero attached hydrogens (tertiary/aromatic N) is 6. The molecular formula is C16H15ClF3N7. The average Bonchev–Trinajstić information content (AvgIpc) is 3.07. The van der Waals surface area contributed by atoms with Crippen molar-refractivity contribution in [3.05, 3.63) is 41.3 Å². The van der Waals surface area contributed by atoms with E-state index >= 15 is 0 Å². The zero-order valence-corrected chi connectivity index (χ0v) is 14.7. The van der Waals surface area contributed by atoms with Gasteiger partial charge in [-0.05, 0) is 19.3 Å². The molecule has 11 heteroatoms. The maximum absolute atomic E-state index is 12.6. The Labute approximate surface area is 157 Å². The van der Waals surface area contributed by atoms with Crippen LogP contribution in [0.15, 0.2) is 24.8 Å². The standard InChI is InChI=1S/C16H15ClF3N7/c17-12-14-26-25-13(27(14)5-4-21-12)9-2-1-3-11(6-9)24-15-22-7-10(8-23-15)16(18,19)20/h4-5,7-9,11H,1-3,6H2,(H,22,23,24)/t9-,11+/m0/s1. The fourth-order valence-electron chi connectivity index (χ4n) is 3.38. The molecule has 1 aliphatic rings. The van der Waals surface area contributed by atoms with Gasteiger partial charge in [0, 0.05) is 36.7 Å². The van der Waals surface area contributed by atoms with Gasteiger partial charge in [0.25, 0.3) is 0 Å². The summed E-state index contributed by atoms with van der Waals surface area (Å²) in [4.78, 5) is 11.6. The van der Waals surface area contributed by atoms with E-state index in [9.17, 15) is 13.2 Å². The highest BCUT2D eigenvalue weighted by Crippen LogP contribution is 2.34. The zero-order valence-electron chi connectivity index (χ0n) is 14.0. The minimum Gasteiger partial charge on any atom is -0.351 e. The highest BCUT2D eigenvalue weighted by Gasteiger charge is 2.32. The Bertz CT molecular complexity index is 941. The molecule has 0 radical (unpaired) electrons. The van der Waals surface area contributed by atoms with Crippen LogP contribution in [0.1, 0.15) is 43.0 Å². The number of rotatable bonds is 3. The number of alkyl halides is 3. The van der Waals surface area contributed by atoms with Crippen LogP contribution in [0.2, 0.25) is 5.15 Å². The molecule has 0 amide bonds. The van der Waals surface area contributed by atoms with Crippen molar-refractivity contribution < 1.29 is 13.2 Å². The van der Waals surface area contributed by atoms with E-state index in [0.29, 0.717) is 10.8 Å². The van der Waals surface area contributed by atoms with Crippen molar-refractivity contribution >= 4 is 23.2 Å². The lowest BCUT2D eigenvalue weighted by atomic mass is 9.85. The van der Waals surface area contributed by atoms with Crippen molar-refractivity contribution in [1.29, 1.82) is 0 Å². The molecule has 142 valence electrons. The normalized spacial score (nSPS) is 20.7. The highest BCUT2D eigenvalue weighted by molar-refractivity contribution is 6.32. The smallest absolute Gasteiger partial charge is 0.351 e. The molecule has 3 heterocycles. The first kappa shape index (κ1) is 17.9. The van der Waals surface area contributed by atoms with Crippen LogP contribution in [0.5, 0.6) is 0 Å². The van der Waals surface area contributed by atoms with Gasteiger partial charge in [-0.25, -0.2) is 15.0 Å².